The third-order valence-electron chi connectivity index (χ3n) is 6.15. The lowest BCUT2D eigenvalue weighted by Crippen LogP contribution is -2.51. The standard InChI is InChI=1S/C19H24N2O2/c1-20-17(22)15-2-4-16(5-3-15)21-18(23)19-9-12-6-13(10-19)8-14(7-12)11-19/h2-5,12-14H,6-11H2,1H3,(H,20,22)(H,21,23). The number of carbonyl (C=O) groups is 2. The van der Waals surface area contributed by atoms with E-state index in [0.717, 1.165) is 42.7 Å². The van der Waals surface area contributed by atoms with Gasteiger partial charge in [0.2, 0.25) is 5.91 Å². The summed E-state index contributed by atoms with van der Waals surface area (Å²) in [6.45, 7) is 0. The maximum absolute atomic E-state index is 13.0. The van der Waals surface area contributed by atoms with Gasteiger partial charge < -0.3 is 10.6 Å². The van der Waals surface area contributed by atoms with Gasteiger partial charge in [0.15, 0.2) is 0 Å². The van der Waals surface area contributed by atoms with Gasteiger partial charge in [-0.25, -0.2) is 0 Å². The van der Waals surface area contributed by atoms with Crippen molar-refractivity contribution in [3.63, 3.8) is 0 Å². The van der Waals surface area contributed by atoms with Gasteiger partial charge in [0.05, 0.1) is 5.41 Å². The molecule has 4 aliphatic carbocycles. The molecule has 2 N–H and O–H groups in total. The van der Waals surface area contributed by atoms with Crippen LogP contribution in [0.3, 0.4) is 0 Å². The van der Waals surface area contributed by atoms with Crippen LogP contribution in [0.1, 0.15) is 48.9 Å². The molecule has 1 aromatic carbocycles. The molecule has 23 heavy (non-hydrogen) atoms. The Hall–Kier alpha value is -1.84. The Labute approximate surface area is 137 Å². The predicted octanol–water partition coefficient (Wildman–Crippen LogP) is 3.20. The summed E-state index contributed by atoms with van der Waals surface area (Å²) in [4.78, 5) is 24.5. The minimum atomic E-state index is -0.131. The van der Waals surface area contributed by atoms with Crippen molar-refractivity contribution in [3.05, 3.63) is 29.8 Å². The third kappa shape index (κ3) is 2.54. The summed E-state index contributed by atoms with van der Waals surface area (Å²) in [6, 6.07) is 7.16. The van der Waals surface area contributed by atoms with E-state index in [9.17, 15) is 9.59 Å². The lowest BCUT2D eigenvalue weighted by molar-refractivity contribution is -0.140. The molecule has 4 fully saturated rings. The molecule has 4 nitrogen and oxygen atoms in total. The van der Waals surface area contributed by atoms with Crippen LogP contribution in [0, 0.1) is 23.2 Å². The zero-order valence-corrected chi connectivity index (χ0v) is 13.6. The average Bonchev–Trinajstić information content (AvgIpc) is 2.53. The summed E-state index contributed by atoms with van der Waals surface area (Å²) < 4.78 is 0. The first-order chi connectivity index (χ1) is 11.1. The van der Waals surface area contributed by atoms with Gasteiger partial charge in [0.1, 0.15) is 0 Å². The summed E-state index contributed by atoms with van der Waals surface area (Å²) in [7, 11) is 1.62. The number of carbonyl (C=O) groups excluding carboxylic acids is 2. The van der Waals surface area contributed by atoms with Crippen molar-refractivity contribution in [2.75, 3.05) is 12.4 Å². The van der Waals surface area contributed by atoms with Crippen LogP contribution >= 0.6 is 0 Å². The molecule has 0 aromatic heterocycles. The zero-order valence-electron chi connectivity index (χ0n) is 13.6. The van der Waals surface area contributed by atoms with Crippen LogP contribution in [0.5, 0.6) is 0 Å². The van der Waals surface area contributed by atoms with Crippen LogP contribution in [0.15, 0.2) is 24.3 Å². The summed E-state index contributed by atoms with van der Waals surface area (Å²) in [5, 5.41) is 5.72. The first-order valence-corrected chi connectivity index (χ1v) is 8.71. The quantitative estimate of drug-likeness (QED) is 0.900. The Bertz CT molecular complexity index is 600. The van der Waals surface area contributed by atoms with Gasteiger partial charge in [-0.1, -0.05) is 0 Å². The van der Waals surface area contributed by atoms with E-state index < -0.39 is 0 Å². The maximum atomic E-state index is 13.0. The molecule has 122 valence electrons. The van der Waals surface area contributed by atoms with Crippen LogP contribution in [0.25, 0.3) is 0 Å². The smallest absolute Gasteiger partial charge is 0.251 e. The molecule has 1 aromatic rings. The Balaban J connectivity index is 1.49. The molecule has 0 saturated heterocycles. The summed E-state index contributed by atoms with van der Waals surface area (Å²) in [5.41, 5.74) is 1.27. The minimum absolute atomic E-state index is 0.107. The molecule has 2 amide bonds. The highest BCUT2D eigenvalue weighted by atomic mass is 16.2. The van der Waals surface area contributed by atoms with Crippen LogP contribution < -0.4 is 10.6 Å². The summed E-state index contributed by atoms with van der Waals surface area (Å²) >= 11 is 0. The van der Waals surface area contributed by atoms with Crippen molar-refractivity contribution in [2.45, 2.75) is 38.5 Å². The summed E-state index contributed by atoms with van der Waals surface area (Å²) in [6.07, 6.45) is 7.23. The maximum Gasteiger partial charge on any atom is 0.251 e. The lowest BCUT2D eigenvalue weighted by atomic mass is 9.49. The second-order valence-electron chi connectivity index (χ2n) is 7.81. The highest BCUT2D eigenvalue weighted by molar-refractivity contribution is 5.97. The Morgan fingerprint density at radius 2 is 1.48 bits per heavy atom. The van der Waals surface area contributed by atoms with Crippen molar-refractivity contribution >= 4 is 17.5 Å². The molecule has 5 rings (SSSR count). The number of hydrogen-bond acceptors (Lipinski definition) is 2. The van der Waals surface area contributed by atoms with E-state index >= 15 is 0 Å². The van der Waals surface area contributed by atoms with Gasteiger partial charge in [-0.05, 0) is 80.5 Å². The highest BCUT2D eigenvalue weighted by Gasteiger charge is 2.54. The minimum Gasteiger partial charge on any atom is -0.355 e. The SMILES string of the molecule is CNC(=O)c1ccc(NC(=O)C23CC4CC(CC(C4)C2)C3)cc1. The molecule has 4 saturated carbocycles. The first kappa shape index (κ1) is 14.7. The molecule has 0 radical (unpaired) electrons. The van der Waals surface area contributed by atoms with Crippen molar-refractivity contribution in [2.24, 2.45) is 23.2 Å². The molecule has 4 bridgehead atoms. The van der Waals surface area contributed by atoms with E-state index in [2.05, 4.69) is 10.6 Å². The fraction of sp³-hybridized carbons (Fsp3) is 0.579. The lowest BCUT2D eigenvalue weighted by Gasteiger charge is -2.55. The molecular weight excluding hydrogens is 288 g/mol. The van der Waals surface area contributed by atoms with E-state index in [-0.39, 0.29) is 17.2 Å². The van der Waals surface area contributed by atoms with Gasteiger partial charge in [-0.3, -0.25) is 9.59 Å². The van der Waals surface area contributed by atoms with E-state index in [1.165, 1.54) is 19.3 Å². The fourth-order valence-corrected chi connectivity index (χ4v) is 5.50. The number of benzene rings is 1. The first-order valence-electron chi connectivity index (χ1n) is 8.71. The van der Waals surface area contributed by atoms with E-state index in [4.69, 9.17) is 0 Å². The van der Waals surface area contributed by atoms with Crippen LogP contribution in [-0.4, -0.2) is 18.9 Å². The van der Waals surface area contributed by atoms with Gasteiger partial charge in [0.25, 0.3) is 5.91 Å². The predicted molar refractivity (Wildman–Crippen MR) is 89.1 cm³/mol. The van der Waals surface area contributed by atoms with E-state index in [1.807, 2.05) is 12.1 Å². The number of amides is 2. The zero-order chi connectivity index (χ0) is 16.0. The molecule has 0 atom stereocenters. The number of anilines is 1. The van der Waals surface area contributed by atoms with Crippen LogP contribution in [-0.2, 0) is 4.79 Å². The molecule has 0 heterocycles. The van der Waals surface area contributed by atoms with Gasteiger partial charge in [0, 0.05) is 18.3 Å². The topological polar surface area (TPSA) is 58.2 Å². The normalized spacial score (nSPS) is 34.2. The molecule has 0 spiro atoms. The molecule has 0 aliphatic heterocycles. The van der Waals surface area contributed by atoms with Crippen LogP contribution in [0.2, 0.25) is 0 Å². The van der Waals surface area contributed by atoms with Gasteiger partial charge >= 0.3 is 0 Å². The Morgan fingerprint density at radius 1 is 0.957 bits per heavy atom. The third-order valence-corrected chi connectivity index (χ3v) is 6.15. The van der Waals surface area contributed by atoms with Gasteiger partial charge in [-0.15, -0.1) is 0 Å². The number of hydrogen-bond donors (Lipinski definition) is 2. The number of nitrogens with one attached hydrogen (secondary N) is 2. The Kier molecular flexibility index (Phi) is 3.43. The van der Waals surface area contributed by atoms with Crippen molar-refractivity contribution in [1.29, 1.82) is 0 Å². The molecule has 0 unspecified atom stereocenters. The molecular formula is C19H24N2O2. The number of rotatable bonds is 3. The van der Waals surface area contributed by atoms with E-state index in [1.54, 1.807) is 19.2 Å². The van der Waals surface area contributed by atoms with E-state index in [0.29, 0.717) is 5.56 Å². The highest BCUT2D eigenvalue weighted by Crippen LogP contribution is 2.60. The largest absolute Gasteiger partial charge is 0.355 e. The average molecular weight is 312 g/mol. The van der Waals surface area contributed by atoms with Crippen molar-refractivity contribution < 1.29 is 9.59 Å². The second-order valence-corrected chi connectivity index (χ2v) is 7.81. The molecule has 4 aliphatic rings. The summed E-state index contributed by atoms with van der Waals surface area (Å²) in [5.74, 6) is 2.39. The van der Waals surface area contributed by atoms with Crippen LogP contribution in [0.4, 0.5) is 5.69 Å². The van der Waals surface area contributed by atoms with Gasteiger partial charge in [-0.2, -0.15) is 0 Å². The van der Waals surface area contributed by atoms with Crippen molar-refractivity contribution in [1.82, 2.24) is 5.32 Å². The second kappa shape index (κ2) is 5.36. The monoisotopic (exact) mass is 312 g/mol. The Morgan fingerprint density at radius 3 is 1.96 bits per heavy atom. The molecule has 4 heteroatoms. The van der Waals surface area contributed by atoms with Crippen molar-refractivity contribution in [3.8, 4) is 0 Å². The fourth-order valence-electron chi connectivity index (χ4n) is 5.50.